The van der Waals surface area contributed by atoms with Gasteiger partial charge in [-0.3, -0.25) is 0 Å². The minimum absolute atomic E-state index is 0.234. The third-order valence-corrected chi connectivity index (χ3v) is 5.54. The van der Waals surface area contributed by atoms with Gasteiger partial charge in [-0.2, -0.15) is 5.10 Å². The molecule has 4 rings (SSSR count). The van der Waals surface area contributed by atoms with Gasteiger partial charge in [0.05, 0.1) is 27.0 Å². The summed E-state index contributed by atoms with van der Waals surface area (Å²) in [5, 5.41) is 7.32. The Labute approximate surface area is 185 Å². The van der Waals surface area contributed by atoms with Crippen LogP contribution in [-0.2, 0) is 5.41 Å². The van der Waals surface area contributed by atoms with Crippen LogP contribution in [0.25, 0.3) is 16.5 Å². The van der Waals surface area contributed by atoms with Gasteiger partial charge in [0, 0.05) is 11.5 Å². The summed E-state index contributed by atoms with van der Waals surface area (Å²) in [6.07, 6.45) is 0. The first kappa shape index (κ1) is 20.5. The van der Waals surface area contributed by atoms with E-state index in [1.165, 1.54) is 0 Å². The first-order valence-electron chi connectivity index (χ1n) is 9.50. The number of esters is 1. The van der Waals surface area contributed by atoms with E-state index in [9.17, 15) is 4.79 Å². The van der Waals surface area contributed by atoms with Gasteiger partial charge in [-0.1, -0.05) is 80.4 Å². The van der Waals surface area contributed by atoms with Crippen molar-refractivity contribution in [3.63, 3.8) is 0 Å². The monoisotopic (exact) mass is 438 g/mol. The molecular formula is C24H20Cl2N2O2. The molecule has 0 radical (unpaired) electrons. The van der Waals surface area contributed by atoms with Gasteiger partial charge in [-0.05, 0) is 35.0 Å². The summed E-state index contributed by atoms with van der Waals surface area (Å²) >= 11 is 12.3. The number of hydrogen-bond donors (Lipinski definition) is 0. The number of nitrogens with zero attached hydrogens (tertiary/aromatic N) is 2. The number of rotatable bonds is 3. The van der Waals surface area contributed by atoms with E-state index in [-0.39, 0.29) is 5.41 Å². The number of benzene rings is 3. The van der Waals surface area contributed by atoms with E-state index in [4.69, 9.17) is 27.9 Å². The number of hydrogen-bond acceptors (Lipinski definition) is 3. The number of aromatic nitrogens is 2. The Kier molecular flexibility index (Phi) is 5.31. The van der Waals surface area contributed by atoms with E-state index in [1.807, 2.05) is 57.2 Å². The standard InChI is InChI=1S/C24H20Cl2N2O2/c1-24(2,3)21-14-22(28(27-21)16-11-12-19(25)20(26)13-16)30-23(29)18-10-6-8-15-7-4-5-9-17(15)18/h4-14H,1-3H3. The van der Waals surface area contributed by atoms with Crippen molar-refractivity contribution in [3.05, 3.63) is 88.0 Å². The third kappa shape index (κ3) is 3.93. The largest absolute Gasteiger partial charge is 0.404 e. The lowest BCUT2D eigenvalue weighted by molar-refractivity contribution is 0.0725. The third-order valence-electron chi connectivity index (χ3n) is 4.80. The van der Waals surface area contributed by atoms with Crippen LogP contribution in [0.15, 0.2) is 66.7 Å². The normalized spacial score (nSPS) is 11.6. The minimum atomic E-state index is -0.450. The van der Waals surface area contributed by atoms with Gasteiger partial charge in [0.25, 0.3) is 0 Å². The second-order valence-corrected chi connectivity index (χ2v) is 8.86. The van der Waals surface area contributed by atoms with Gasteiger partial charge < -0.3 is 4.74 Å². The van der Waals surface area contributed by atoms with Crippen molar-refractivity contribution in [1.82, 2.24) is 9.78 Å². The molecule has 1 aromatic heterocycles. The molecule has 152 valence electrons. The average molecular weight is 439 g/mol. The number of halogens is 2. The average Bonchev–Trinajstić information content (AvgIpc) is 3.14. The van der Waals surface area contributed by atoms with Crippen LogP contribution in [0.5, 0.6) is 5.88 Å². The molecule has 0 fully saturated rings. The van der Waals surface area contributed by atoms with Crippen molar-refractivity contribution in [3.8, 4) is 11.6 Å². The molecule has 0 unspecified atom stereocenters. The maximum absolute atomic E-state index is 13.1. The molecule has 0 aliphatic rings. The fraction of sp³-hybridized carbons (Fsp3) is 0.167. The maximum Gasteiger partial charge on any atom is 0.345 e. The summed E-state index contributed by atoms with van der Waals surface area (Å²) in [6.45, 7) is 6.14. The Hall–Kier alpha value is -2.82. The molecule has 0 saturated carbocycles. The molecular weight excluding hydrogens is 419 g/mol. The zero-order valence-corrected chi connectivity index (χ0v) is 18.3. The van der Waals surface area contributed by atoms with Crippen molar-refractivity contribution in [1.29, 1.82) is 0 Å². The molecule has 0 N–H and O–H groups in total. The zero-order chi connectivity index (χ0) is 21.5. The lowest BCUT2D eigenvalue weighted by Gasteiger charge is -2.14. The highest BCUT2D eigenvalue weighted by Crippen LogP contribution is 2.31. The zero-order valence-electron chi connectivity index (χ0n) is 16.8. The Balaban J connectivity index is 1.78. The van der Waals surface area contributed by atoms with Gasteiger partial charge in [0.2, 0.25) is 5.88 Å². The Morgan fingerprint density at radius 2 is 1.67 bits per heavy atom. The second kappa shape index (κ2) is 7.78. The van der Waals surface area contributed by atoms with Gasteiger partial charge in [-0.25, -0.2) is 9.48 Å². The SMILES string of the molecule is CC(C)(C)c1cc(OC(=O)c2cccc3ccccc23)n(-c2ccc(Cl)c(Cl)c2)n1. The van der Waals surface area contributed by atoms with E-state index in [0.29, 0.717) is 27.2 Å². The van der Waals surface area contributed by atoms with Crippen molar-refractivity contribution in [2.24, 2.45) is 0 Å². The molecule has 4 nitrogen and oxygen atoms in total. The molecule has 0 spiro atoms. The van der Waals surface area contributed by atoms with Crippen molar-refractivity contribution < 1.29 is 9.53 Å². The maximum atomic E-state index is 13.1. The number of ether oxygens (including phenoxy) is 1. The fourth-order valence-corrected chi connectivity index (χ4v) is 3.45. The molecule has 1 heterocycles. The highest BCUT2D eigenvalue weighted by Gasteiger charge is 2.24. The molecule has 0 atom stereocenters. The van der Waals surface area contributed by atoms with Crippen LogP contribution in [0.1, 0.15) is 36.8 Å². The smallest absolute Gasteiger partial charge is 0.345 e. The van der Waals surface area contributed by atoms with E-state index in [2.05, 4.69) is 5.10 Å². The fourth-order valence-electron chi connectivity index (χ4n) is 3.16. The summed E-state index contributed by atoms with van der Waals surface area (Å²) in [6, 6.07) is 20.2. The Bertz CT molecular complexity index is 1250. The van der Waals surface area contributed by atoms with Crippen LogP contribution in [0.2, 0.25) is 10.0 Å². The van der Waals surface area contributed by atoms with E-state index >= 15 is 0 Å². The topological polar surface area (TPSA) is 44.1 Å². The molecule has 6 heteroatoms. The first-order valence-corrected chi connectivity index (χ1v) is 10.3. The molecule has 30 heavy (non-hydrogen) atoms. The first-order chi connectivity index (χ1) is 14.2. The van der Waals surface area contributed by atoms with Gasteiger partial charge >= 0.3 is 5.97 Å². The van der Waals surface area contributed by atoms with Gasteiger partial charge in [0.15, 0.2) is 0 Å². The van der Waals surface area contributed by atoms with E-state index in [0.717, 1.165) is 16.5 Å². The van der Waals surface area contributed by atoms with Gasteiger partial charge in [0.1, 0.15) is 0 Å². The van der Waals surface area contributed by atoms with Crippen molar-refractivity contribution >= 4 is 39.9 Å². The van der Waals surface area contributed by atoms with Gasteiger partial charge in [-0.15, -0.1) is 0 Å². The van der Waals surface area contributed by atoms with Crippen molar-refractivity contribution in [2.75, 3.05) is 0 Å². The Morgan fingerprint density at radius 3 is 2.40 bits per heavy atom. The molecule has 3 aromatic carbocycles. The number of fused-ring (bicyclic) bond motifs is 1. The predicted octanol–water partition coefficient (Wildman–Crippen LogP) is 6.85. The van der Waals surface area contributed by atoms with Crippen LogP contribution in [0.3, 0.4) is 0 Å². The molecule has 0 aliphatic carbocycles. The number of carbonyl (C=O) groups excluding carboxylic acids is 1. The molecule has 0 saturated heterocycles. The van der Waals surface area contributed by atoms with E-state index < -0.39 is 5.97 Å². The van der Waals surface area contributed by atoms with Crippen LogP contribution >= 0.6 is 23.2 Å². The second-order valence-electron chi connectivity index (χ2n) is 8.04. The van der Waals surface area contributed by atoms with Crippen LogP contribution in [0, 0.1) is 0 Å². The molecule has 4 aromatic rings. The minimum Gasteiger partial charge on any atom is -0.404 e. The molecule has 0 amide bonds. The number of carbonyl (C=O) groups is 1. The summed E-state index contributed by atoms with van der Waals surface area (Å²) < 4.78 is 7.40. The van der Waals surface area contributed by atoms with Crippen LogP contribution < -0.4 is 4.74 Å². The lowest BCUT2D eigenvalue weighted by atomic mass is 9.93. The highest BCUT2D eigenvalue weighted by molar-refractivity contribution is 6.42. The summed E-state index contributed by atoms with van der Waals surface area (Å²) in [5.74, 6) is -0.135. The highest BCUT2D eigenvalue weighted by atomic mass is 35.5. The van der Waals surface area contributed by atoms with Crippen LogP contribution in [-0.4, -0.2) is 15.7 Å². The molecule has 0 bridgehead atoms. The summed E-state index contributed by atoms with van der Waals surface area (Å²) in [5.41, 5.74) is 1.70. The summed E-state index contributed by atoms with van der Waals surface area (Å²) in [4.78, 5) is 13.1. The lowest BCUT2D eigenvalue weighted by Crippen LogP contribution is -2.13. The van der Waals surface area contributed by atoms with Crippen LogP contribution in [0.4, 0.5) is 0 Å². The Morgan fingerprint density at radius 1 is 0.933 bits per heavy atom. The quantitative estimate of drug-likeness (QED) is 0.328. The molecule has 0 aliphatic heterocycles. The predicted molar refractivity (Wildman–Crippen MR) is 121 cm³/mol. The van der Waals surface area contributed by atoms with Crippen molar-refractivity contribution in [2.45, 2.75) is 26.2 Å². The van der Waals surface area contributed by atoms with E-state index in [1.54, 1.807) is 35.0 Å². The summed E-state index contributed by atoms with van der Waals surface area (Å²) in [7, 11) is 0.